The van der Waals surface area contributed by atoms with E-state index in [0.29, 0.717) is 12.2 Å². The molecule has 0 aromatic heterocycles. The first-order valence-electron chi connectivity index (χ1n) is 7.13. The molecule has 0 spiro atoms. The minimum Gasteiger partial charge on any atom is -0.358 e. The molecular weight excluding hydrogens is 321 g/mol. The largest absolute Gasteiger partial charge is 0.358 e. The van der Waals surface area contributed by atoms with Gasteiger partial charge in [0.1, 0.15) is 5.78 Å². The quantitative estimate of drug-likeness (QED) is 0.631. The summed E-state index contributed by atoms with van der Waals surface area (Å²) in [7, 11) is 0. The SMILES string of the molecule is CC.CC.CCC(C)(C)C(=O)Cc1ccccc1.[CH3-].[Y]. The Labute approximate surface area is 152 Å². The molecule has 2 heteroatoms. The smallest absolute Gasteiger partial charge is 0.142 e. The predicted molar refractivity (Wildman–Crippen MR) is 88.3 cm³/mol. The summed E-state index contributed by atoms with van der Waals surface area (Å²) in [6, 6.07) is 9.93. The van der Waals surface area contributed by atoms with Crippen LogP contribution in [0.15, 0.2) is 30.3 Å². The fourth-order valence-corrected chi connectivity index (χ4v) is 1.22. The van der Waals surface area contributed by atoms with Crippen LogP contribution in [0.4, 0.5) is 0 Å². The Kier molecular flexibility index (Phi) is 24.0. The molecule has 0 aliphatic carbocycles. The van der Waals surface area contributed by atoms with E-state index in [1.54, 1.807) is 0 Å². The summed E-state index contributed by atoms with van der Waals surface area (Å²) in [6.07, 6.45) is 1.46. The second-order valence-electron chi connectivity index (χ2n) is 4.32. The van der Waals surface area contributed by atoms with E-state index >= 15 is 0 Å². The second-order valence-corrected chi connectivity index (χ2v) is 4.32. The van der Waals surface area contributed by atoms with Gasteiger partial charge >= 0.3 is 0 Å². The zero-order chi connectivity index (χ0) is 14.6. The molecule has 0 fully saturated rings. The summed E-state index contributed by atoms with van der Waals surface area (Å²) in [6.45, 7) is 14.1. The topological polar surface area (TPSA) is 17.1 Å². The standard InChI is InChI=1S/C13H18O.2C2H6.CH3.Y/c1-4-13(2,3)12(14)10-11-8-6-5-7-9-11;2*1-2;;/h5-9H,4,10H2,1-3H3;2*1-2H3;1H3;/q;;;-1;. The molecule has 1 rings (SSSR count). The number of Topliss-reactive ketones (excluding diaryl/α,β-unsaturated/α-hetero) is 1. The Bertz CT molecular complexity index is 304. The van der Waals surface area contributed by atoms with E-state index in [2.05, 4.69) is 6.92 Å². The van der Waals surface area contributed by atoms with Crippen molar-refractivity contribution in [3.8, 4) is 0 Å². The third kappa shape index (κ3) is 11.8. The van der Waals surface area contributed by atoms with Crippen molar-refractivity contribution in [2.75, 3.05) is 0 Å². The van der Waals surface area contributed by atoms with Crippen LogP contribution >= 0.6 is 0 Å². The van der Waals surface area contributed by atoms with Crippen LogP contribution in [0.2, 0.25) is 0 Å². The van der Waals surface area contributed by atoms with Crippen molar-refractivity contribution in [1.29, 1.82) is 0 Å². The number of benzene rings is 1. The minimum absolute atomic E-state index is 0. The van der Waals surface area contributed by atoms with Gasteiger partial charge in [0.15, 0.2) is 0 Å². The van der Waals surface area contributed by atoms with E-state index in [4.69, 9.17) is 0 Å². The van der Waals surface area contributed by atoms with Crippen LogP contribution in [0.1, 0.15) is 60.5 Å². The van der Waals surface area contributed by atoms with E-state index < -0.39 is 0 Å². The molecule has 0 unspecified atom stereocenters. The Morgan fingerprint density at radius 2 is 1.40 bits per heavy atom. The van der Waals surface area contributed by atoms with Crippen LogP contribution < -0.4 is 0 Å². The minimum atomic E-state index is -0.185. The summed E-state index contributed by atoms with van der Waals surface area (Å²) >= 11 is 0. The first kappa shape index (κ1) is 28.2. The van der Waals surface area contributed by atoms with Gasteiger partial charge in [-0.1, -0.05) is 78.8 Å². The van der Waals surface area contributed by atoms with Crippen molar-refractivity contribution in [1.82, 2.24) is 0 Å². The maximum absolute atomic E-state index is 11.9. The summed E-state index contributed by atoms with van der Waals surface area (Å²) in [4.78, 5) is 11.9. The molecule has 1 aromatic carbocycles. The normalized spacial score (nSPS) is 8.55. The maximum Gasteiger partial charge on any atom is 0.142 e. The monoisotopic (exact) mass is 354 g/mol. The van der Waals surface area contributed by atoms with Gasteiger partial charge in [0.25, 0.3) is 0 Å². The van der Waals surface area contributed by atoms with Gasteiger partial charge in [0.05, 0.1) is 0 Å². The van der Waals surface area contributed by atoms with Crippen molar-refractivity contribution in [2.24, 2.45) is 5.41 Å². The van der Waals surface area contributed by atoms with Gasteiger partial charge in [-0.05, 0) is 12.0 Å². The number of carbonyl (C=O) groups excluding carboxylic acids is 1. The van der Waals surface area contributed by atoms with Crippen molar-refractivity contribution >= 4 is 5.78 Å². The fraction of sp³-hybridized carbons (Fsp3) is 0.556. The molecule has 0 N–H and O–H groups in total. The average molecular weight is 354 g/mol. The van der Waals surface area contributed by atoms with E-state index in [1.165, 1.54) is 0 Å². The molecule has 0 aliphatic heterocycles. The van der Waals surface area contributed by atoms with Crippen LogP contribution in [-0.2, 0) is 43.9 Å². The number of ketones is 1. The Hall–Kier alpha value is -0.00610. The van der Waals surface area contributed by atoms with Crippen molar-refractivity contribution < 1.29 is 37.5 Å². The average Bonchev–Trinajstić information content (AvgIpc) is 2.44. The van der Waals surface area contributed by atoms with Gasteiger partial charge in [-0.15, -0.1) is 0 Å². The molecule has 0 bridgehead atoms. The number of hydrogen-bond donors (Lipinski definition) is 0. The van der Waals surface area contributed by atoms with Crippen LogP contribution in [0.3, 0.4) is 0 Å². The number of hydrogen-bond acceptors (Lipinski definition) is 1. The van der Waals surface area contributed by atoms with Gasteiger partial charge in [0, 0.05) is 44.5 Å². The Balaban J connectivity index is -0.000000196. The van der Waals surface area contributed by atoms with Crippen LogP contribution in [0.25, 0.3) is 0 Å². The molecule has 0 saturated carbocycles. The van der Waals surface area contributed by atoms with Crippen molar-refractivity contribution in [2.45, 2.75) is 61.3 Å². The number of carbonyl (C=O) groups is 1. The summed E-state index contributed by atoms with van der Waals surface area (Å²) in [5.74, 6) is 0.325. The fourth-order valence-electron chi connectivity index (χ4n) is 1.22. The zero-order valence-electron chi connectivity index (χ0n) is 14.8. The molecule has 115 valence electrons. The Morgan fingerprint density at radius 1 is 1.00 bits per heavy atom. The van der Waals surface area contributed by atoms with Gasteiger partial charge in [-0.3, -0.25) is 4.79 Å². The van der Waals surface area contributed by atoms with Gasteiger partial charge < -0.3 is 7.43 Å². The Morgan fingerprint density at radius 3 is 1.75 bits per heavy atom. The first-order valence-corrected chi connectivity index (χ1v) is 7.13. The van der Waals surface area contributed by atoms with Gasteiger partial charge in [-0.2, -0.15) is 0 Å². The molecule has 1 aromatic rings. The zero-order valence-corrected chi connectivity index (χ0v) is 17.6. The van der Waals surface area contributed by atoms with E-state index in [-0.39, 0.29) is 45.6 Å². The summed E-state index contributed by atoms with van der Waals surface area (Å²) in [5, 5.41) is 0. The van der Waals surface area contributed by atoms with E-state index in [1.807, 2.05) is 71.9 Å². The molecule has 0 atom stereocenters. The molecule has 0 aliphatic rings. The molecule has 0 amide bonds. The molecule has 0 saturated heterocycles. The van der Waals surface area contributed by atoms with Crippen molar-refractivity contribution in [3.63, 3.8) is 0 Å². The number of rotatable bonds is 4. The van der Waals surface area contributed by atoms with Gasteiger partial charge in [0.2, 0.25) is 0 Å². The summed E-state index contributed by atoms with van der Waals surface area (Å²) in [5.41, 5.74) is 0.926. The molecule has 1 radical (unpaired) electrons. The molecule has 20 heavy (non-hydrogen) atoms. The van der Waals surface area contributed by atoms with Crippen molar-refractivity contribution in [3.05, 3.63) is 43.3 Å². The molecule has 0 heterocycles. The van der Waals surface area contributed by atoms with Gasteiger partial charge in [-0.25, -0.2) is 0 Å². The van der Waals surface area contributed by atoms with Crippen LogP contribution in [-0.4, -0.2) is 5.78 Å². The van der Waals surface area contributed by atoms with Crippen LogP contribution in [0.5, 0.6) is 0 Å². The van der Waals surface area contributed by atoms with Crippen LogP contribution in [0, 0.1) is 12.8 Å². The predicted octanol–water partition coefficient (Wildman–Crippen LogP) is 5.73. The molecule has 1 nitrogen and oxygen atoms in total. The van der Waals surface area contributed by atoms with E-state index in [0.717, 1.165) is 12.0 Å². The van der Waals surface area contributed by atoms with E-state index in [9.17, 15) is 4.79 Å². The maximum atomic E-state index is 11.9. The molecular formula is C18H33OY-. The summed E-state index contributed by atoms with van der Waals surface area (Å²) < 4.78 is 0. The third-order valence-electron chi connectivity index (χ3n) is 2.85. The third-order valence-corrected chi connectivity index (χ3v) is 2.85. The second kappa shape index (κ2) is 17.0. The first-order chi connectivity index (χ1) is 8.56.